The minimum absolute atomic E-state index is 0.0315. The van der Waals surface area contributed by atoms with E-state index in [-0.39, 0.29) is 11.4 Å². The maximum absolute atomic E-state index is 11.6. The van der Waals surface area contributed by atoms with Crippen molar-refractivity contribution in [3.05, 3.63) is 34.4 Å². The maximum Gasteiger partial charge on any atom is 0.514 e. The van der Waals surface area contributed by atoms with Crippen LogP contribution in [0.25, 0.3) is 0 Å². The van der Waals surface area contributed by atoms with Crippen LogP contribution in [-0.4, -0.2) is 16.7 Å². The molecular weight excluding hydrogens is 228 g/mol. The van der Waals surface area contributed by atoms with Crippen molar-refractivity contribution in [1.29, 1.82) is 0 Å². The number of carbonyl (C=O) groups excluding carboxylic acids is 1. The number of benzene rings is 1. The van der Waals surface area contributed by atoms with Gasteiger partial charge in [0.2, 0.25) is 0 Å². The molecule has 1 aliphatic carbocycles. The zero-order valence-electron chi connectivity index (χ0n) is 12.8. The molecule has 0 heterocycles. The molecule has 90 valence electrons. The van der Waals surface area contributed by atoms with Crippen LogP contribution in [0.4, 0.5) is 10.5 Å². The Balaban J connectivity index is 2.02. The number of non-ortho nitro benzene ring substituents is 1. The van der Waals surface area contributed by atoms with E-state index in [1.54, 1.807) is 0 Å². The van der Waals surface area contributed by atoms with E-state index in [9.17, 15) is 14.9 Å². The highest BCUT2D eigenvalue weighted by molar-refractivity contribution is 5.64. The average molecular weight is 243 g/mol. The second-order valence-corrected chi connectivity index (χ2v) is 3.49. The lowest BCUT2D eigenvalue weighted by Crippen LogP contribution is -2.19. The van der Waals surface area contributed by atoms with Gasteiger partial charge in [0.25, 0.3) is 5.69 Å². The van der Waals surface area contributed by atoms with E-state index in [2.05, 4.69) is 0 Å². The standard InChI is InChI=1S/C11H11NO5/c1-11(6-7-11)17-10(13)16-9-4-2-8(3-5-9)12(14)15/h2-5H,6-7H2,1H3/i1+1,6D2,7D2,11+1. The number of hydrogen-bond donors (Lipinski definition) is 0. The first kappa shape index (κ1) is 7.26. The summed E-state index contributed by atoms with van der Waals surface area (Å²) in [5.41, 5.74) is -2.12. The summed E-state index contributed by atoms with van der Waals surface area (Å²) in [5, 5.41) is 10.5. The van der Waals surface area contributed by atoms with Crippen LogP contribution in [0.2, 0.25) is 0 Å². The van der Waals surface area contributed by atoms with E-state index >= 15 is 0 Å². The molecule has 0 unspecified atom stereocenters. The largest absolute Gasteiger partial charge is 0.514 e. The highest BCUT2D eigenvalue weighted by atomic mass is 16.8. The average Bonchev–Trinajstić information content (AvgIpc) is 2.66. The number of nitro groups is 1. The van der Waals surface area contributed by atoms with E-state index in [1.807, 2.05) is 0 Å². The maximum atomic E-state index is 11.6. The normalized spacial score (nSPS) is 25.5. The Kier molecular flexibility index (Phi) is 1.73. The van der Waals surface area contributed by atoms with Crippen molar-refractivity contribution in [3.63, 3.8) is 0 Å². The number of rotatable bonds is 3. The molecule has 1 saturated carbocycles. The van der Waals surface area contributed by atoms with Crippen molar-refractivity contribution in [2.75, 3.05) is 0 Å². The van der Waals surface area contributed by atoms with Gasteiger partial charge in [-0.15, -0.1) is 0 Å². The van der Waals surface area contributed by atoms with Crippen LogP contribution in [0, 0.1) is 10.1 Å². The van der Waals surface area contributed by atoms with E-state index < -0.39 is 29.4 Å². The Hall–Kier alpha value is -2.11. The van der Waals surface area contributed by atoms with Crippen LogP contribution in [0.5, 0.6) is 5.75 Å². The van der Waals surface area contributed by atoms with Gasteiger partial charge in [-0.25, -0.2) is 4.79 Å². The molecule has 0 atom stereocenters. The molecule has 0 amide bonds. The van der Waals surface area contributed by atoms with E-state index in [0.717, 1.165) is 19.1 Å². The predicted octanol–water partition coefficient (Wildman–Crippen LogP) is 2.66. The molecule has 1 aromatic rings. The summed E-state index contributed by atoms with van der Waals surface area (Å²) in [6.07, 6.45) is -5.90. The van der Waals surface area contributed by atoms with Crippen LogP contribution in [0.3, 0.4) is 0 Å². The minimum atomic E-state index is -2.31. The molecule has 0 radical (unpaired) electrons. The molecule has 0 aromatic heterocycles. The Labute approximate surface area is 103 Å². The van der Waals surface area contributed by atoms with E-state index in [4.69, 9.17) is 15.0 Å². The fraction of sp³-hybridized carbons (Fsp3) is 0.364. The Morgan fingerprint density at radius 2 is 2.06 bits per heavy atom. The lowest BCUT2D eigenvalue weighted by Gasteiger charge is -2.10. The van der Waals surface area contributed by atoms with Crippen molar-refractivity contribution >= 4 is 11.8 Å². The lowest BCUT2D eigenvalue weighted by atomic mass is 10.3. The van der Waals surface area contributed by atoms with Gasteiger partial charge >= 0.3 is 6.16 Å². The number of hydrogen-bond acceptors (Lipinski definition) is 5. The van der Waals surface area contributed by atoms with Crippen molar-refractivity contribution in [2.45, 2.75) is 25.3 Å². The zero-order valence-corrected chi connectivity index (χ0v) is 8.80. The topological polar surface area (TPSA) is 78.7 Å². The summed E-state index contributed by atoms with van der Waals surface area (Å²) in [5.74, 6) is -0.0315. The molecule has 1 fully saturated rings. The van der Waals surface area contributed by atoms with Crippen molar-refractivity contribution in [2.24, 2.45) is 0 Å². The summed E-state index contributed by atoms with van der Waals surface area (Å²) >= 11 is 0. The quantitative estimate of drug-likeness (QED) is 0.268. The van der Waals surface area contributed by atoms with Gasteiger partial charge in [-0.1, -0.05) is 0 Å². The third-order valence-corrected chi connectivity index (χ3v) is 2.01. The Morgan fingerprint density at radius 1 is 1.47 bits per heavy atom. The van der Waals surface area contributed by atoms with E-state index in [1.165, 1.54) is 12.1 Å². The van der Waals surface area contributed by atoms with Gasteiger partial charge in [-0.05, 0) is 31.8 Å². The third-order valence-electron chi connectivity index (χ3n) is 2.01. The van der Waals surface area contributed by atoms with E-state index in [0.29, 0.717) is 0 Å². The smallest absolute Gasteiger partial charge is 0.428 e. The molecule has 0 bridgehead atoms. The SMILES string of the molecule is [2H]C1([2H])C([2H])([2H])[13C]1([13CH3])OC(=O)Oc1ccc([N+](=O)[O-])cc1. The monoisotopic (exact) mass is 243 g/mol. The van der Waals surface area contributed by atoms with Gasteiger partial charge in [0.15, 0.2) is 0 Å². The highest BCUT2D eigenvalue weighted by Gasteiger charge is 2.42. The molecule has 17 heavy (non-hydrogen) atoms. The molecular formula is C11H11NO5. The van der Waals surface area contributed by atoms with Gasteiger partial charge in [0.1, 0.15) is 11.4 Å². The third kappa shape index (κ3) is 2.93. The van der Waals surface area contributed by atoms with Crippen LogP contribution < -0.4 is 4.74 Å². The van der Waals surface area contributed by atoms with Crippen LogP contribution in [-0.2, 0) is 4.74 Å². The second-order valence-electron chi connectivity index (χ2n) is 3.49. The molecule has 0 saturated heterocycles. The number of ether oxygens (including phenoxy) is 2. The molecule has 0 N–H and O–H groups in total. The van der Waals surface area contributed by atoms with Gasteiger partial charge in [0.05, 0.1) is 4.92 Å². The Morgan fingerprint density at radius 3 is 2.53 bits per heavy atom. The van der Waals surface area contributed by atoms with Crippen molar-refractivity contribution < 1.29 is 24.7 Å². The van der Waals surface area contributed by atoms with Crippen LogP contribution >= 0.6 is 0 Å². The summed E-state index contributed by atoms with van der Waals surface area (Å²) in [6.45, 7) is 1.13. The zero-order chi connectivity index (χ0) is 16.1. The molecule has 0 spiro atoms. The van der Waals surface area contributed by atoms with Gasteiger partial charge in [0, 0.05) is 17.6 Å². The first-order valence-electron chi connectivity index (χ1n) is 6.68. The first-order chi connectivity index (χ1) is 9.53. The summed E-state index contributed by atoms with van der Waals surface area (Å²) in [7, 11) is 0. The fourth-order valence-electron chi connectivity index (χ4n) is 1.06. The molecule has 2 rings (SSSR count). The number of carbonyl (C=O) groups is 1. The van der Waals surface area contributed by atoms with Crippen molar-refractivity contribution in [3.8, 4) is 5.75 Å². The van der Waals surface area contributed by atoms with Gasteiger partial charge < -0.3 is 9.47 Å². The van der Waals surface area contributed by atoms with Crippen LogP contribution in [0.1, 0.15) is 25.2 Å². The molecule has 1 aliphatic rings. The summed E-state index contributed by atoms with van der Waals surface area (Å²) in [4.78, 5) is 21.4. The summed E-state index contributed by atoms with van der Waals surface area (Å²) < 4.78 is 39.2. The molecule has 6 nitrogen and oxygen atoms in total. The Bertz CT molecular complexity index is 587. The lowest BCUT2D eigenvalue weighted by molar-refractivity contribution is -0.384. The molecule has 1 aromatic carbocycles. The predicted molar refractivity (Wildman–Crippen MR) is 57.8 cm³/mol. The molecule has 6 heteroatoms. The van der Waals surface area contributed by atoms with Gasteiger partial charge in [-0.3, -0.25) is 10.1 Å². The minimum Gasteiger partial charge on any atom is -0.428 e. The fourth-order valence-corrected chi connectivity index (χ4v) is 1.06. The van der Waals surface area contributed by atoms with Crippen LogP contribution in [0.15, 0.2) is 24.3 Å². The first-order valence-corrected chi connectivity index (χ1v) is 4.68. The van der Waals surface area contributed by atoms with Gasteiger partial charge in [-0.2, -0.15) is 0 Å². The number of nitro benzene ring substituents is 1. The highest BCUT2D eigenvalue weighted by Crippen LogP contribution is 2.39. The number of nitrogens with zero attached hydrogens (tertiary/aromatic N) is 1. The molecule has 0 aliphatic heterocycles. The summed E-state index contributed by atoms with van der Waals surface area (Å²) in [6, 6.07) is 4.61. The van der Waals surface area contributed by atoms with Crippen molar-refractivity contribution in [1.82, 2.24) is 0 Å². The second kappa shape index (κ2) is 4.04.